The van der Waals surface area contributed by atoms with Gasteiger partial charge in [-0.25, -0.2) is 0 Å². The van der Waals surface area contributed by atoms with Crippen molar-refractivity contribution in [3.8, 4) is 0 Å². The second-order valence-corrected chi connectivity index (χ2v) is 10.7. The number of carbonyl (C=O) groups is 2. The van der Waals surface area contributed by atoms with Crippen molar-refractivity contribution in [2.75, 3.05) is 6.61 Å². The van der Waals surface area contributed by atoms with Crippen LogP contribution < -0.4 is 16.1 Å². The van der Waals surface area contributed by atoms with Gasteiger partial charge in [0.2, 0.25) is 5.43 Å². The van der Waals surface area contributed by atoms with Crippen molar-refractivity contribution in [3.63, 3.8) is 0 Å². The first-order chi connectivity index (χ1) is 17.3. The summed E-state index contributed by atoms with van der Waals surface area (Å²) in [5.41, 5.74) is -0.146. The molecule has 1 saturated carbocycles. The number of pyridine rings is 2. The molecule has 2 amide bonds. The van der Waals surface area contributed by atoms with Crippen molar-refractivity contribution in [1.82, 2.24) is 20.2 Å². The molecule has 8 heteroatoms. The molecule has 2 fully saturated rings. The van der Waals surface area contributed by atoms with Crippen LogP contribution in [-0.4, -0.2) is 45.7 Å². The fourth-order valence-electron chi connectivity index (χ4n) is 5.21. The molecule has 1 aliphatic heterocycles. The Morgan fingerprint density at radius 2 is 1.61 bits per heavy atom. The van der Waals surface area contributed by atoms with Gasteiger partial charge in [0, 0.05) is 37.3 Å². The van der Waals surface area contributed by atoms with Gasteiger partial charge in [-0.1, -0.05) is 38.2 Å². The number of aromatic nitrogens is 2. The molecule has 0 spiro atoms. The number of ether oxygens (including phenoxy) is 1. The van der Waals surface area contributed by atoms with Crippen molar-refractivity contribution in [3.05, 3.63) is 63.8 Å². The first kappa shape index (κ1) is 26.1. The third-order valence-electron chi connectivity index (χ3n) is 7.11. The number of hydrogen-bond acceptors (Lipinski definition) is 5. The molecule has 1 aliphatic carbocycles. The van der Waals surface area contributed by atoms with Crippen LogP contribution in [0.5, 0.6) is 0 Å². The van der Waals surface area contributed by atoms with Crippen LogP contribution in [-0.2, 0) is 11.3 Å². The summed E-state index contributed by atoms with van der Waals surface area (Å²) < 4.78 is 7.46. The minimum absolute atomic E-state index is 0.00653. The Kier molecular flexibility index (Phi) is 8.56. The standard InChI is InChI=1S/C28H38N4O4/c1-28(2)16-21(13-15-36-28)31-27(35)24-19-32(17-22-12-8-9-14-29-22)18-23(25(24)33)26(34)30-20-10-6-4-3-5-7-11-20/h8-9,12,14,18-21H,3-7,10-11,13,15-17H2,1-2H3,(H,30,34)(H,31,35). The Morgan fingerprint density at radius 1 is 0.972 bits per heavy atom. The lowest BCUT2D eigenvalue weighted by atomic mass is 9.93. The SMILES string of the molecule is CC1(C)CC(NC(=O)c2cn(Cc3ccccn3)cc(C(=O)NC3CCCCCCC3)c2=O)CCO1. The summed E-state index contributed by atoms with van der Waals surface area (Å²) in [6.45, 7) is 4.87. The van der Waals surface area contributed by atoms with Gasteiger partial charge in [-0.05, 0) is 51.7 Å². The summed E-state index contributed by atoms with van der Waals surface area (Å²) in [6.07, 6.45) is 13.6. The molecule has 4 rings (SSSR count). The van der Waals surface area contributed by atoms with E-state index in [-0.39, 0.29) is 28.8 Å². The summed E-state index contributed by atoms with van der Waals surface area (Å²) in [5, 5.41) is 6.08. The van der Waals surface area contributed by atoms with Crippen LogP contribution in [0.1, 0.15) is 98.0 Å². The molecule has 1 atom stereocenters. The van der Waals surface area contributed by atoms with Crippen molar-refractivity contribution in [1.29, 1.82) is 0 Å². The van der Waals surface area contributed by atoms with Gasteiger partial charge in [-0.2, -0.15) is 0 Å². The second-order valence-electron chi connectivity index (χ2n) is 10.7. The van der Waals surface area contributed by atoms with E-state index in [4.69, 9.17) is 4.74 Å². The molecule has 3 heterocycles. The molecular formula is C28H38N4O4. The molecule has 2 aromatic rings. The molecule has 194 valence electrons. The van der Waals surface area contributed by atoms with Gasteiger partial charge in [0.1, 0.15) is 11.1 Å². The van der Waals surface area contributed by atoms with Crippen LogP contribution in [0, 0.1) is 0 Å². The topological polar surface area (TPSA) is 102 Å². The number of nitrogens with one attached hydrogen (secondary N) is 2. The Morgan fingerprint density at radius 3 is 2.22 bits per heavy atom. The average molecular weight is 495 g/mol. The van der Waals surface area contributed by atoms with Crippen molar-refractivity contribution in [2.24, 2.45) is 0 Å². The minimum atomic E-state index is -0.542. The van der Waals surface area contributed by atoms with E-state index in [0.29, 0.717) is 26.0 Å². The molecule has 2 aromatic heterocycles. The minimum Gasteiger partial charge on any atom is -0.375 e. The smallest absolute Gasteiger partial charge is 0.256 e. The van der Waals surface area contributed by atoms with Gasteiger partial charge < -0.3 is 19.9 Å². The summed E-state index contributed by atoms with van der Waals surface area (Å²) in [4.78, 5) is 44.4. The van der Waals surface area contributed by atoms with Gasteiger partial charge in [0.25, 0.3) is 11.8 Å². The summed E-state index contributed by atoms with van der Waals surface area (Å²) in [6, 6.07) is 5.53. The van der Waals surface area contributed by atoms with E-state index in [1.807, 2.05) is 32.0 Å². The van der Waals surface area contributed by atoms with E-state index >= 15 is 0 Å². The van der Waals surface area contributed by atoms with E-state index in [1.54, 1.807) is 17.0 Å². The maximum atomic E-state index is 13.4. The predicted molar refractivity (Wildman–Crippen MR) is 138 cm³/mol. The fourth-order valence-corrected chi connectivity index (χ4v) is 5.21. The van der Waals surface area contributed by atoms with E-state index in [9.17, 15) is 14.4 Å². The highest BCUT2D eigenvalue weighted by Crippen LogP contribution is 2.24. The highest BCUT2D eigenvalue weighted by Gasteiger charge is 2.31. The van der Waals surface area contributed by atoms with E-state index in [2.05, 4.69) is 15.6 Å². The predicted octanol–water partition coefficient (Wildman–Crippen LogP) is 3.82. The number of amides is 2. The quantitative estimate of drug-likeness (QED) is 0.636. The van der Waals surface area contributed by atoms with Crippen LogP contribution >= 0.6 is 0 Å². The number of hydrogen-bond donors (Lipinski definition) is 2. The lowest BCUT2D eigenvalue weighted by Gasteiger charge is -2.35. The molecule has 1 saturated heterocycles. The van der Waals surface area contributed by atoms with Crippen molar-refractivity contribution in [2.45, 2.75) is 95.9 Å². The first-order valence-electron chi connectivity index (χ1n) is 13.2. The molecule has 0 radical (unpaired) electrons. The Bertz CT molecular complexity index is 1100. The van der Waals surface area contributed by atoms with E-state index in [1.165, 1.54) is 25.5 Å². The normalized spacial score (nSPS) is 20.7. The molecule has 0 aromatic carbocycles. The Balaban J connectivity index is 1.60. The molecule has 2 N–H and O–H groups in total. The largest absolute Gasteiger partial charge is 0.375 e. The maximum Gasteiger partial charge on any atom is 0.256 e. The lowest BCUT2D eigenvalue weighted by Crippen LogP contribution is -2.47. The molecular weight excluding hydrogens is 456 g/mol. The zero-order chi connectivity index (χ0) is 25.5. The molecule has 2 aliphatic rings. The highest BCUT2D eigenvalue weighted by atomic mass is 16.5. The second kappa shape index (κ2) is 11.8. The van der Waals surface area contributed by atoms with Crippen molar-refractivity contribution >= 4 is 11.8 Å². The maximum absolute atomic E-state index is 13.4. The third-order valence-corrected chi connectivity index (χ3v) is 7.11. The van der Waals surface area contributed by atoms with Crippen LogP contribution in [0.2, 0.25) is 0 Å². The monoisotopic (exact) mass is 494 g/mol. The van der Waals surface area contributed by atoms with E-state index in [0.717, 1.165) is 31.4 Å². The fraction of sp³-hybridized carbons (Fsp3) is 0.571. The Hall–Kier alpha value is -3.00. The third kappa shape index (κ3) is 7.03. The average Bonchev–Trinajstić information content (AvgIpc) is 2.81. The van der Waals surface area contributed by atoms with Gasteiger partial charge in [0.15, 0.2) is 0 Å². The molecule has 36 heavy (non-hydrogen) atoms. The van der Waals surface area contributed by atoms with Crippen LogP contribution in [0.3, 0.4) is 0 Å². The van der Waals surface area contributed by atoms with Crippen molar-refractivity contribution < 1.29 is 14.3 Å². The van der Waals surface area contributed by atoms with Gasteiger partial charge in [-0.3, -0.25) is 19.4 Å². The first-order valence-corrected chi connectivity index (χ1v) is 13.2. The van der Waals surface area contributed by atoms with Gasteiger partial charge >= 0.3 is 0 Å². The summed E-state index contributed by atoms with van der Waals surface area (Å²) in [7, 11) is 0. The zero-order valence-corrected chi connectivity index (χ0v) is 21.4. The molecule has 8 nitrogen and oxygen atoms in total. The van der Waals surface area contributed by atoms with Crippen LogP contribution in [0.4, 0.5) is 0 Å². The highest BCUT2D eigenvalue weighted by molar-refractivity contribution is 5.99. The molecule has 0 bridgehead atoms. The van der Waals surface area contributed by atoms with Crippen LogP contribution in [0.15, 0.2) is 41.6 Å². The lowest BCUT2D eigenvalue weighted by molar-refractivity contribution is -0.0615. The summed E-state index contributed by atoms with van der Waals surface area (Å²) >= 11 is 0. The zero-order valence-electron chi connectivity index (χ0n) is 21.4. The Labute approximate surface area is 212 Å². The number of nitrogens with zero attached hydrogens (tertiary/aromatic N) is 2. The van der Waals surface area contributed by atoms with Gasteiger partial charge in [-0.15, -0.1) is 0 Å². The summed E-state index contributed by atoms with van der Waals surface area (Å²) in [5.74, 6) is -0.875. The number of carbonyl (C=O) groups excluding carboxylic acids is 2. The van der Waals surface area contributed by atoms with Crippen LogP contribution in [0.25, 0.3) is 0 Å². The number of rotatable bonds is 6. The van der Waals surface area contributed by atoms with E-state index < -0.39 is 17.2 Å². The molecule has 1 unspecified atom stereocenters. The van der Waals surface area contributed by atoms with Gasteiger partial charge in [0.05, 0.1) is 17.8 Å².